The molecule has 134 valence electrons. The van der Waals surface area contributed by atoms with Gasteiger partial charge in [0, 0.05) is 18.7 Å². The van der Waals surface area contributed by atoms with E-state index >= 15 is 0 Å². The highest BCUT2D eigenvalue weighted by Gasteiger charge is 2.20. The molecule has 0 aliphatic heterocycles. The number of carbonyl (C=O) groups excluding carboxylic acids is 1. The third kappa shape index (κ3) is 5.58. The van der Waals surface area contributed by atoms with E-state index in [4.69, 9.17) is 0 Å². The van der Waals surface area contributed by atoms with E-state index in [1.165, 1.54) is 23.1 Å². The van der Waals surface area contributed by atoms with Crippen LogP contribution in [-0.2, 0) is 24.1 Å². The van der Waals surface area contributed by atoms with Crippen molar-refractivity contribution >= 4 is 24.0 Å². The van der Waals surface area contributed by atoms with Crippen molar-refractivity contribution in [1.29, 1.82) is 0 Å². The average Bonchev–Trinajstić information content (AvgIpc) is 2.59. The van der Waals surface area contributed by atoms with E-state index in [2.05, 4.69) is 47.0 Å². The second kappa shape index (κ2) is 9.59. The predicted octanol–water partition coefficient (Wildman–Crippen LogP) is 4.15. The van der Waals surface area contributed by atoms with Gasteiger partial charge in [-0.3, -0.25) is 4.79 Å². The van der Waals surface area contributed by atoms with Crippen molar-refractivity contribution in [2.24, 2.45) is 0 Å². The highest BCUT2D eigenvalue weighted by molar-refractivity contribution is 5.89. The number of benzene rings is 2. The summed E-state index contributed by atoms with van der Waals surface area (Å²) >= 11 is 0. The molecule has 0 saturated heterocycles. The molecule has 0 spiro atoms. The van der Waals surface area contributed by atoms with Gasteiger partial charge in [-0.15, -0.1) is 12.4 Å². The number of anilines is 1. The molecule has 3 rings (SSSR count). The van der Waals surface area contributed by atoms with Crippen molar-refractivity contribution in [3.8, 4) is 0 Å². The summed E-state index contributed by atoms with van der Waals surface area (Å²) in [5.74, 6) is 0.00422. The van der Waals surface area contributed by atoms with Crippen LogP contribution in [-0.4, -0.2) is 18.5 Å². The number of fused-ring (bicyclic) bond motifs is 1. The standard InChI is InChI=1S/C21H26N2O.ClH/c1-16(24)23-21-11-5-10-18-15-19(12-13-20(18)21)22-14-6-9-17-7-3-2-4-8-17;/h2-5,7-8,10-11,19,22H,6,9,12-15H2,1H3,(H,23,24);1H. The molecule has 0 fully saturated rings. The van der Waals surface area contributed by atoms with Crippen molar-refractivity contribution in [3.05, 3.63) is 65.2 Å². The smallest absolute Gasteiger partial charge is 0.221 e. The van der Waals surface area contributed by atoms with Gasteiger partial charge in [0.2, 0.25) is 5.91 Å². The number of rotatable bonds is 6. The van der Waals surface area contributed by atoms with Crippen LogP contribution in [0, 0.1) is 0 Å². The SMILES string of the molecule is CC(=O)Nc1cccc2c1CCC(NCCCc1ccccc1)C2.Cl. The fourth-order valence-electron chi connectivity index (χ4n) is 3.53. The molecule has 2 aromatic rings. The van der Waals surface area contributed by atoms with Crippen LogP contribution in [0.15, 0.2) is 48.5 Å². The number of hydrogen-bond donors (Lipinski definition) is 2. The van der Waals surface area contributed by atoms with Gasteiger partial charge < -0.3 is 10.6 Å². The van der Waals surface area contributed by atoms with Gasteiger partial charge in [-0.1, -0.05) is 42.5 Å². The van der Waals surface area contributed by atoms with Crippen molar-refractivity contribution in [3.63, 3.8) is 0 Å². The molecule has 2 aromatic carbocycles. The monoisotopic (exact) mass is 358 g/mol. The van der Waals surface area contributed by atoms with E-state index in [0.29, 0.717) is 6.04 Å². The Morgan fingerprint density at radius 1 is 1.12 bits per heavy atom. The maximum absolute atomic E-state index is 11.3. The first-order chi connectivity index (χ1) is 11.7. The molecule has 1 aliphatic carbocycles. The zero-order valence-corrected chi connectivity index (χ0v) is 15.6. The average molecular weight is 359 g/mol. The molecule has 4 heteroatoms. The molecule has 0 saturated carbocycles. The van der Waals surface area contributed by atoms with Gasteiger partial charge in [0.1, 0.15) is 0 Å². The molecule has 1 aliphatic rings. The largest absolute Gasteiger partial charge is 0.326 e. The van der Waals surface area contributed by atoms with Crippen molar-refractivity contribution < 1.29 is 4.79 Å². The summed E-state index contributed by atoms with van der Waals surface area (Å²) < 4.78 is 0. The van der Waals surface area contributed by atoms with Gasteiger partial charge >= 0.3 is 0 Å². The van der Waals surface area contributed by atoms with Crippen molar-refractivity contribution in [1.82, 2.24) is 5.32 Å². The first-order valence-electron chi connectivity index (χ1n) is 8.88. The molecule has 3 nitrogen and oxygen atoms in total. The molecule has 1 amide bonds. The van der Waals surface area contributed by atoms with Crippen LogP contribution in [0.3, 0.4) is 0 Å². The normalized spacial score (nSPS) is 15.8. The minimum atomic E-state index is 0. The van der Waals surface area contributed by atoms with Crippen LogP contribution < -0.4 is 10.6 Å². The summed E-state index contributed by atoms with van der Waals surface area (Å²) in [7, 11) is 0. The number of halogens is 1. The van der Waals surface area contributed by atoms with Crippen LogP contribution in [0.4, 0.5) is 5.69 Å². The number of carbonyl (C=O) groups is 1. The van der Waals surface area contributed by atoms with Gasteiger partial charge in [0.25, 0.3) is 0 Å². The van der Waals surface area contributed by atoms with Gasteiger partial charge in [0.15, 0.2) is 0 Å². The Labute approximate surface area is 156 Å². The molecule has 0 bridgehead atoms. The van der Waals surface area contributed by atoms with E-state index in [9.17, 15) is 4.79 Å². The summed E-state index contributed by atoms with van der Waals surface area (Å²) in [5, 5.41) is 6.66. The highest BCUT2D eigenvalue weighted by atomic mass is 35.5. The predicted molar refractivity (Wildman–Crippen MR) is 107 cm³/mol. The maximum atomic E-state index is 11.3. The Kier molecular flexibility index (Phi) is 7.48. The maximum Gasteiger partial charge on any atom is 0.221 e. The number of nitrogens with one attached hydrogen (secondary N) is 2. The van der Waals surface area contributed by atoms with Crippen LogP contribution in [0.1, 0.15) is 36.5 Å². The zero-order valence-electron chi connectivity index (χ0n) is 14.8. The Hall–Kier alpha value is -1.84. The Morgan fingerprint density at radius 3 is 2.68 bits per heavy atom. The fourth-order valence-corrected chi connectivity index (χ4v) is 3.53. The van der Waals surface area contributed by atoms with Gasteiger partial charge in [-0.05, 0) is 61.4 Å². The molecule has 1 unspecified atom stereocenters. The minimum absolute atomic E-state index is 0. The van der Waals surface area contributed by atoms with Crippen molar-refractivity contribution in [2.75, 3.05) is 11.9 Å². The lowest BCUT2D eigenvalue weighted by Crippen LogP contribution is -2.35. The van der Waals surface area contributed by atoms with Gasteiger partial charge in [0.05, 0.1) is 0 Å². The van der Waals surface area contributed by atoms with E-state index < -0.39 is 0 Å². The van der Waals surface area contributed by atoms with Gasteiger partial charge in [-0.2, -0.15) is 0 Å². The molecule has 0 heterocycles. The fraction of sp³-hybridized carbons (Fsp3) is 0.381. The summed E-state index contributed by atoms with van der Waals surface area (Å²) in [6.07, 6.45) is 5.51. The lowest BCUT2D eigenvalue weighted by atomic mass is 9.87. The van der Waals surface area contributed by atoms with Crippen LogP contribution in [0.5, 0.6) is 0 Å². The molecule has 25 heavy (non-hydrogen) atoms. The van der Waals surface area contributed by atoms with Crippen LogP contribution >= 0.6 is 12.4 Å². The summed E-state index contributed by atoms with van der Waals surface area (Å²) in [5.41, 5.74) is 5.08. The molecule has 0 radical (unpaired) electrons. The lowest BCUT2D eigenvalue weighted by Gasteiger charge is -2.27. The second-order valence-corrected chi connectivity index (χ2v) is 6.61. The third-order valence-corrected chi connectivity index (χ3v) is 4.71. The van der Waals surface area contributed by atoms with Crippen LogP contribution in [0.25, 0.3) is 0 Å². The Bertz CT molecular complexity index is 688. The molecule has 0 aromatic heterocycles. The number of aryl methyl sites for hydroxylation is 1. The lowest BCUT2D eigenvalue weighted by molar-refractivity contribution is -0.114. The molecule has 1 atom stereocenters. The highest BCUT2D eigenvalue weighted by Crippen LogP contribution is 2.28. The summed E-state index contributed by atoms with van der Waals surface area (Å²) in [6.45, 7) is 2.62. The van der Waals surface area contributed by atoms with E-state index in [1.54, 1.807) is 6.92 Å². The first kappa shape index (κ1) is 19.5. The minimum Gasteiger partial charge on any atom is -0.326 e. The number of hydrogen-bond acceptors (Lipinski definition) is 2. The zero-order chi connectivity index (χ0) is 16.8. The Morgan fingerprint density at radius 2 is 1.92 bits per heavy atom. The summed E-state index contributed by atoms with van der Waals surface area (Å²) in [4.78, 5) is 11.3. The first-order valence-corrected chi connectivity index (χ1v) is 8.88. The van der Waals surface area contributed by atoms with Crippen molar-refractivity contribution in [2.45, 2.75) is 45.1 Å². The van der Waals surface area contributed by atoms with E-state index in [-0.39, 0.29) is 18.3 Å². The van der Waals surface area contributed by atoms with Crippen LogP contribution in [0.2, 0.25) is 0 Å². The van der Waals surface area contributed by atoms with E-state index in [1.807, 2.05) is 12.1 Å². The topological polar surface area (TPSA) is 41.1 Å². The Balaban J connectivity index is 0.00000225. The van der Waals surface area contributed by atoms with Gasteiger partial charge in [-0.25, -0.2) is 0 Å². The summed E-state index contributed by atoms with van der Waals surface area (Å²) in [6, 6.07) is 17.5. The molecular weight excluding hydrogens is 332 g/mol. The van der Waals surface area contributed by atoms with E-state index in [0.717, 1.165) is 37.9 Å². The molecular formula is C21H27ClN2O. The quantitative estimate of drug-likeness (QED) is 0.762. The third-order valence-electron chi connectivity index (χ3n) is 4.71. The molecule has 2 N–H and O–H groups in total. The number of amides is 1. The second-order valence-electron chi connectivity index (χ2n) is 6.61.